The number of aromatic nitrogens is 2. The number of nitrogens with one attached hydrogen (secondary N) is 2. The van der Waals surface area contributed by atoms with Crippen LogP contribution in [0.3, 0.4) is 0 Å². The van der Waals surface area contributed by atoms with Gasteiger partial charge in [0.2, 0.25) is 0 Å². The third-order valence-electron chi connectivity index (χ3n) is 4.10. The van der Waals surface area contributed by atoms with E-state index in [0.717, 1.165) is 12.0 Å². The average Bonchev–Trinajstić information content (AvgIpc) is 2.66. The van der Waals surface area contributed by atoms with E-state index in [-0.39, 0.29) is 10.7 Å². The summed E-state index contributed by atoms with van der Waals surface area (Å²) >= 11 is 0. The second-order valence-electron chi connectivity index (χ2n) is 6.34. The van der Waals surface area contributed by atoms with Crippen molar-refractivity contribution < 1.29 is 8.42 Å². The molecule has 0 aliphatic carbocycles. The topological polar surface area (TPSA) is 84.0 Å². The third-order valence-corrected chi connectivity index (χ3v) is 5.60. The lowest BCUT2D eigenvalue weighted by atomic mass is 10.1. The zero-order valence-corrected chi connectivity index (χ0v) is 16.1. The van der Waals surface area contributed by atoms with Crippen molar-refractivity contribution in [2.24, 2.45) is 0 Å². The zero-order valence-electron chi connectivity index (χ0n) is 15.3. The smallest absolute Gasteiger partial charge is 0.263 e. The highest BCUT2D eigenvalue weighted by Gasteiger charge is 2.17. The van der Waals surface area contributed by atoms with Gasteiger partial charge in [0.25, 0.3) is 10.0 Å². The molecule has 1 aromatic heterocycles. The lowest BCUT2D eigenvalue weighted by Gasteiger charge is -2.11. The molecule has 7 heteroatoms. The first-order chi connectivity index (χ1) is 12.9. The molecule has 0 radical (unpaired) electrons. The lowest BCUT2D eigenvalue weighted by Crippen LogP contribution is -2.16. The molecule has 2 aromatic carbocycles. The van der Waals surface area contributed by atoms with E-state index in [4.69, 9.17) is 0 Å². The summed E-state index contributed by atoms with van der Waals surface area (Å²) in [5.74, 6) is 0.783. The molecule has 0 saturated carbocycles. The van der Waals surface area contributed by atoms with Gasteiger partial charge in [0.05, 0.1) is 4.90 Å². The van der Waals surface area contributed by atoms with Crippen molar-refractivity contribution in [3.05, 3.63) is 77.4 Å². The number of sulfonamides is 1. The Bertz CT molecular complexity index is 1000. The van der Waals surface area contributed by atoms with Gasteiger partial charge in [0, 0.05) is 6.54 Å². The molecule has 3 aromatic rings. The molecule has 0 spiro atoms. The standard InChI is InChI=1S/C20H22N4O2S/c1-15-8-9-16(2)18(14-15)27(25,26)24-20-11-10-19(22-23-20)21-13-12-17-6-4-3-5-7-17/h3-11,14H,12-13H2,1-2H3,(H,21,22)(H,23,24). The minimum Gasteiger partial charge on any atom is -0.368 e. The van der Waals surface area contributed by atoms with E-state index < -0.39 is 10.0 Å². The second kappa shape index (κ2) is 8.18. The number of aryl methyl sites for hydroxylation is 2. The average molecular weight is 382 g/mol. The molecule has 0 aliphatic heterocycles. The van der Waals surface area contributed by atoms with Crippen molar-refractivity contribution >= 4 is 21.7 Å². The Balaban J connectivity index is 1.62. The van der Waals surface area contributed by atoms with Gasteiger partial charge in [-0.25, -0.2) is 8.42 Å². The Morgan fingerprint density at radius 2 is 1.59 bits per heavy atom. The highest BCUT2D eigenvalue weighted by atomic mass is 32.2. The molecule has 0 fully saturated rings. The summed E-state index contributed by atoms with van der Waals surface area (Å²) in [4.78, 5) is 0.245. The van der Waals surface area contributed by atoms with Crippen LogP contribution in [0, 0.1) is 13.8 Å². The van der Waals surface area contributed by atoms with Gasteiger partial charge < -0.3 is 5.32 Å². The summed E-state index contributed by atoms with van der Waals surface area (Å²) in [7, 11) is -3.71. The molecule has 0 unspecified atom stereocenters. The first-order valence-corrected chi connectivity index (χ1v) is 10.1. The summed E-state index contributed by atoms with van der Waals surface area (Å²) in [5, 5.41) is 11.2. The SMILES string of the molecule is Cc1ccc(C)c(S(=O)(=O)Nc2ccc(NCCc3ccccc3)nn2)c1. The lowest BCUT2D eigenvalue weighted by molar-refractivity contribution is 0.600. The Morgan fingerprint density at radius 1 is 0.889 bits per heavy atom. The minimum absolute atomic E-state index is 0.185. The molecule has 0 atom stereocenters. The van der Waals surface area contributed by atoms with Crippen LogP contribution in [-0.2, 0) is 16.4 Å². The molecule has 0 saturated heterocycles. The summed E-state index contributed by atoms with van der Waals surface area (Å²) in [6, 6.07) is 18.7. The van der Waals surface area contributed by atoms with E-state index in [1.807, 2.05) is 31.2 Å². The Kier molecular flexibility index (Phi) is 5.71. The number of hydrogen-bond acceptors (Lipinski definition) is 5. The van der Waals surface area contributed by atoms with Crippen molar-refractivity contribution in [1.29, 1.82) is 0 Å². The third kappa shape index (κ3) is 5.04. The highest BCUT2D eigenvalue weighted by Crippen LogP contribution is 2.19. The van der Waals surface area contributed by atoms with Crippen LogP contribution in [-0.4, -0.2) is 25.2 Å². The number of hydrogen-bond donors (Lipinski definition) is 2. The van der Waals surface area contributed by atoms with Crippen LogP contribution in [0.15, 0.2) is 65.6 Å². The molecular formula is C20H22N4O2S. The van der Waals surface area contributed by atoms with Crippen molar-refractivity contribution in [2.75, 3.05) is 16.6 Å². The van der Waals surface area contributed by atoms with E-state index in [2.05, 4.69) is 32.4 Å². The number of nitrogens with zero attached hydrogens (tertiary/aromatic N) is 2. The maximum absolute atomic E-state index is 12.6. The second-order valence-corrected chi connectivity index (χ2v) is 7.99. The number of anilines is 2. The number of benzene rings is 2. The fraction of sp³-hybridized carbons (Fsp3) is 0.200. The van der Waals surface area contributed by atoms with Crippen LogP contribution in [0.2, 0.25) is 0 Å². The summed E-state index contributed by atoms with van der Waals surface area (Å²) in [6.07, 6.45) is 0.865. The van der Waals surface area contributed by atoms with Crippen LogP contribution in [0.1, 0.15) is 16.7 Å². The van der Waals surface area contributed by atoms with E-state index in [1.54, 1.807) is 31.2 Å². The summed E-state index contributed by atoms with van der Waals surface area (Å²) in [6.45, 7) is 4.33. The quantitative estimate of drug-likeness (QED) is 0.653. The largest absolute Gasteiger partial charge is 0.368 e. The summed E-state index contributed by atoms with van der Waals surface area (Å²) < 4.78 is 27.7. The van der Waals surface area contributed by atoms with Gasteiger partial charge >= 0.3 is 0 Å². The first kappa shape index (κ1) is 18.8. The molecule has 0 bridgehead atoms. The van der Waals surface area contributed by atoms with Crippen LogP contribution in [0.4, 0.5) is 11.6 Å². The molecule has 0 aliphatic rings. The van der Waals surface area contributed by atoms with Crippen molar-refractivity contribution in [1.82, 2.24) is 10.2 Å². The zero-order chi connectivity index (χ0) is 19.3. The van der Waals surface area contributed by atoms with Crippen molar-refractivity contribution in [3.8, 4) is 0 Å². The highest BCUT2D eigenvalue weighted by molar-refractivity contribution is 7.92. The molecule has 6 nitrogen and oxygen atoms in total. The van der Waals surface area contributed by atoms with Gasteiger partial charge in [0.15, 0.2) is 5.82 Å². The predicted molar refractivity (Wildman–Crippen MR) is 107 cm³/mol. The molecule has 2 N–H and O–H groups in total. The molecular weight excluding hydrogens is 360 g/mol. The van der Waals surface area contributed by atoms with Crippen molar-refractivity contribution in [3.63, 3.8) is 0 Å². The molecule has 1 heterocycles. The normalized spacial score (nSPS) is 11.2. The Morgan fingerprint density at radius 3 is 2.30 bits per heavy atom. The maximum atomic E-state index is 12.6. The predicted octanol–water partition coefficient (Wildman–Crippen LogP) is 3.55. The Labute approximate surface area is 159 Å². The van der Waals surface area contributed by atoms with Gasteiger partial charge in [-0.15, -0.1) is 10.2 Å². The van der Waals surface area contributed by atoms with E-state index in [0.29, 0.717) is 17.9 Å². The van der Waals surface area contributed by atoms with Crippen LogP contribution >= 0.6 is 0 Å². The van der Waals surface area contributed by atoms with Crippen LogP contribution < -0.4 is 10.0 Å². The van der Waals surface area contributed by atoms with E-state index in [9.17, 15) is 8.42 Å². The van der Waals surface area contributed by atoms with Crippen molar-refractivity contribution in [2.45, 2.75) is 25.2 Å². The molecule has 140 valence electrons. The van der Waals surface area contributed by atoms with Crippen LogP contribution in [0.5, 0.6) is 0 Å². The minimum atomic E-state index is -3.71. The molecule has 0 amide bonds. The fourth-order valence-electron chi connectivity index (χ4n) is 2.65. The van der Waals surface area contributed by atoms with E-state index in [1.165, 1.54) is 5.56 Å². The molecule has 27 heavy (non-hydrogen) atoms. The van der Waals surface area contributed by atoms with Gasteiger partial charge in [-0.3, -0.25) is 4.72 Å². The summed E-state index contributed by atoms with van der Waals surface area (Å²) in [5.41, 5.74) is 2.79. The van der Waals surface area contributed by atoms with E-state index >= 15 is 0 Å². The maximum Gasteiger partial charge on any atom is 0.263 e. The number of rotatable bonds is 7. The van der Waals surface area contributed by atoms with Crippen LogP contribution in [0.25, 0.3) is 0 Å². The van der Waals surface area contributed by atoms with Gasteiger partial charge in [-0.2, -0.15) is 0 Å². The Hall–Kier alpha value is -2.93. The molecule has 3 rings (SSSR count). The first-order valence-electron chi connectivity index (χ1n) is 8.66. The monoisotopic (exact) mass is 382 g/mol. The van der Waals surface area contributed by atoms with Gasteiger partial charge in [-0.05, 0) is 55.2 Å². The fourth-order valence-corrected chi connectivity index (χ4v) is 3.98. The van der Waals surface area contributed by atoms with Gasteiger partial charge in [0.1, 0.15) is 5.82 Å². The van der Waals surface area contributed by atoms with Gasteiger partial charge in [-0.1, -0.05) is 42.5 Å².